The molecule has 2 rings (SSSR count). The molecule has 0 amide bonds. The van der Waals surface area contributed by atoms with Gasteiger partial charge in [-0.05, 0) is 56.7 Å². The third-order valence-corrected chi connectivity index (χ3v) is 5.39. The Kier molecular flexibility index (Phi) is 4.52. The van der Waals surface area contributed by atoms with Crippen LogP contribution in [0.5, 0.6) is 0 Å². The molecule has 0 unspecified atom stereocenters. The van der Waals surface area contributed by atoms with Crippen LogP contribution in [-0.4, -0.2) is 9.97 Å². The van der Waals surface area contributed by atoms with Gasteiger partial charge in [0.15, 0.2) is 5.82 Å². The Labute approximate surface area is 135 Å². The molecule has 0 bridgehead atoms. The molecule has 0 aliphatic rings. The molecule has 7 heteroatoms. The second kappa shape index (κ2) is 5.57. The monoisotopic (exact) mass is 462 g/mol. The molecule has 88 valence electrons. The predicted molar refractivity (Wildman–Crippen MR) is 82.9 cm³/mol. The zero-order valence-corrected chi connectivity index (χ0v) is 14.0. The minimum Gasteiger partial charge on any atom is -0.215 e. The first-order chi connectivity index (χ1) is 7.99. The van der Waals surface area contributed by atoms with Gasteiger partial charge in [-0.25, -0.2) is 9.97 Å². The first kappa shape index (κ1) is 13.8. The molecule has 0 aliphatic heterocycles. The SMILES string of the molecule is Clc1cc(-c2nc(Cl)c(I)c(Cl)n2)ccc1Br. The summed E-state index contributed by atoms with van der Waals surface area (Å²) in [6, 6.07) is 5.41. The summed E-state index contributed by atoms with van der Waals surface area (Å²) in [5.41, 5.74) is 0.762. The fourth-order valence-corrected chi connectivity index (χ4v) is 2.21. The summed E-state index contributed by atoms with van der Waals surface area (Å²) in [5, 5.41) is 1.25. The molecule has 0 spiro atoms. The highest BCUT2D eigenvalue weighted by Crippen LogP contribution is 2.30. The summed E-state index contributed by atoms with van der Waals surface area (Å²) in [7, 11) is 0. The summed E-state index contributed by atoms with van der Waals surface area (Å²) in [6.07, 6.45) is 0. The Morgan fingerprint density at radius 2 is 1.65 bits per heavy atom. The van der Waals surface area contributed by atoms with Gasteiger partial charge in [0.1, 0.15) is 10.3 Å². The van der Waals surface area contributed by atoms with E-state index < -0.39 is 0 Å². The minimum absolute atomic E-state index is 0.333. The van der Waals surface area contributed by atoms with Crippen molar-refractivity contribution in [2.24, 2.45) is 0 Å². The Bertz CT molecular complexity index is 569. The first-order valence-corrected chi connectivity index (χ1v) is 7.33. The van der Waals surface area contributed by atoms with Gasteiger partial charge in [-0.3, -0.25) is 0 Å². The number of hydrogen-bond donors (Lipinski definition) is 0. The maximum Gasteiger partial charge on any atom is 0.162 e. The van der Waals surface area contributed by atoms with Crippen LogP contribution >= 0.6 is 73.3 Å². The number of aromatic nitrogens is 2. The van der Waals surface area contributed by atoms with Crippen molar-refractivity contribution in [2.45, 2.75) is 0 Å². The number of benzene rings is 1. The van der Waals surface area contributed by atoms with Crippen LogP contribution in [0.2, 0.25) is 15.3 Å². The molecule has 17 heavy (non-hydrogen) atoms. The lowest BCUT2D eigenvalue weighted by molar-refractivity contribution is 1.16. The zero-order chi connectivity index (χ0) is 12.6. The first-order valence-electron chi connectivity index (χ1n) is 4.33. The smallest absolute Gasteiger partial charge is 0.162 e. The van der Waals surface area contributed by atoms with E-state index in [2.05, 4.69) is 25.9 Å². The fourth-order valence-electron chi connectivity index (χ4n) is 1.16. The van der Waals surface area contributed by atoms with Crippen LogP contribution in [0, 0.1) is 3.57 Å². The van der Waals surface area contributed by atoms with Crippen LogP contribution in [0.4, 0.5) is 0 Å². The van der Waals surface area contributed by atoms with E-state index in [1.54, 1.807) is 6.07 Å². The number of halogens is 5. The highest BCUT2D eigenvalue weighted by atomic mass is 127. The molecule has 0 N–H and O–H groups in total. The summed E-state index contributed by atoms with van der Waals surface area (Å²) in [4.78, 5) is 8.33. The minimum atomic E-state index is 0.333. The van der Waals surface area contributed by atoms with Crippen LogP contribution in [0.15, 0.2) is 22.7 Å². The van der Waals surface area contributed by atoms with Crippen molar-refractivity contribution in [3.05, 3.63) is 41.6 Å². The van der Waals surface area contributed by atoms with Crippen molar-refractivity contribution in [3.8, 4) is 11.4 Å². The molecule has 0 atom stereocenters. The molecule has 1 heterocycles. The van der Waals surface area contributed by atoms with Gasteiger partial charge in [0.25, 0.3) is 0 Å². The van der Waals surface area contributed by atoms with E-state index in [0.717, 1.165) is 10.0 Å². The van der Waals surface area contributed by atoms with Crippen LogP contribution in [0.1, 0.15) is 0 Å². The topological polar surface area (TPSA) is 25.8 Å². The average Bonchev–Trinajstić information content (AvgIpc) is 2.29. The quantitative estimate of drug-likeness (QED) is 0.413. The van der Waals surface area contributed by atoms with Gasteiger partial charge in [-0.2, -0.15) is 0 Å². The van der Waals surface area contributed by atoms with E-state index in [-0.39, 0.29) is 0 Å². The summed E-state index contributed by atoms with van der Waals surface area (Å²) in [5.74, 6) is 0.454. The van der Waals surface area contributed by atoms with E-state index in [9.17, 15) is 0 Å². The maximum atomic E-state index is 6.00. The van der Waals surface area contributed by atoms with Crippen molar-refractivity contribution >= 4 is 73.3 Å². The molecule has 0 fully saturated rings. The van der Waals surface area contributed by atoms with E-state index >= 15 is 0 Å². The van der Waals surface area contributed by atoms with E-state index in [4.69, 9.17) is 34.8 Å². The molecule has 1 aromatic heterocycles. The Morgan fingerprint density at radius 1 is 1.06 bits per heavy atom. The van der Waals surface area contributed by atoms with Gasteiger partial charge < -0.3 is 0 Å². The Morgan fingerprint density at radius 3 is 2.18 bits per heavy atom. The van der Waals surface area contributed by atoms with Crippen LogP contribution in [0.25, 0.3) is 11.4 Å². The lowest BCUT2D eigenvalue weighted by Gasteiger charge is -2.05. The number of nitrogens with zero attached hydrogens (tertiary/aromatic N) is 2. The van der Waals surface area contributed by atoms with Gasteiger partial charge in [0.05, 0.1) is 8.59 Å². The van der Waals surface area contributed by atoms with Crippen molar-refractivity contribution in [2.75, 3.05) is 0 Å². The normalized spacial score (nSPS) is 10.6. The standard InChI is InChI=1S/C10H3BrCl3IN2/c11-5-2-1-4(3-6(5)12)10-16-8(13)7(15)9(14)17-10/h1-3H. The summed E-state index contributed by atoms with van der Waals surface area (Å²) in [6.45, 7) is 0. The molecular formula is C10H3BrCl3IN2. The van der Waals surface area contributed by atoms with Crippen LogP contribution in [-0.2, 0) is 0 Å². The van der Waals surface area contributed by atoms with Crippen LogP contribution < -0.4 is 0 Å². The lowest BCUT2D eigenvalue weighted by atomic mass is 10.2. The van der Waals surface area contributed by atoms with Crippen LogP contribution in [0.3, 0.4) is 0 Å². The maximum absolute atomic E-state index is 6.00. The van der Waals surface area contributed by atoms with Gasteiger partial charge in [-0.1, -0.05) is 34.8 Å². The molecular weight excluding hydrogens is 461 g/mol. The number of rotatable bonds is 1. The number of hydrogen-bond acceptors (Lipinski definition) is 2. The van der Waals surface area contributed by atoms with Gasteiger partial charge in [0, 0.05) is 10.0 Å². The van der Waals surface area contributed by atoms with Gasteiger partial charge >= 0.3 is 0 Å². The molecule has 0 aliphatic carbocycles. The zero-order valence-electron chi connectivity index (χ0n) is 8.02. The van der Waals surface area contributed by atoms with E-state index in [0.29, 0.717) is 24.7 Å². The average molecular weight is 464 g/mol. The molecule has 1 aromatic carbocycles. The van der Waals surface area contributed by atoms with Crippen molar-refractivity contribution in [1.82, 2.24) is 9.97 Å². The van der Waals surface area contributed by atoms with E-state index in [1.807, 2.05) is 34.7 Å². The predicted octanol–water partition coefficient (Wildman–Crippen LogP) is 5.47. The van der Waals surface area contributed by atoms with Crippen molar-refractivity contribution in [3.63, 3.8) is 0 Å². The molecule has 2 aromatic rings. The highest BCUT2D eigenvalue weighted by Gasteiger charge is 2.11. The van der Waals surface area contributed by atoms with Gasteiger partial charge in [-0.15, -0.1) is 0 Å². The van der Waals surface area contributed by atoms with Gasteiger partial charge in [0.2, 0.25) is 0 Å². The van der Waals surface area contributed by atoms with Crippen molar-refractivity contribution < 1.29 is 0 Å². The second-order valence-electron chi connectivity index (χ2n) is 3.07. The fraction of sp³-hybridized carbons (Fsp3) is 0. The van der Waals surface area contributed by atoms with Crippen molar-refractivity contribution in [1.29, 1.82) is 0 Å². The second-order valence-corrected chi connectivity index (χ2v) is 6.13. The molecule has 0 radical (unpaired) electrons. The third-order valence-electron chi connectivity index (χ3n) is 1.95. The Balaban J connectivity index is 2.57. The molecule has 2 nitrogen and oxygen atoms in total. The molecule has 0 saturated heterocycles. The third kappa shape index (κ3) is 3.04. The Hall–Kier alpha value is 0.380. The molecule has 0 saturated carbocycles. The highest BCUT2D eigenvalue weighted by molar-refractivity contribution is 14.1. The van der Waals surface area contributed by atoms with E-state index in [1.165, 1.54) is 0 Å². The summed E-state index contributed by atoms with van der Waals surface area (Å²) >= 11 is 23.2. The largest absolute Gasteiger partial charge is 0.215 e. The lowest BCUT2D eigenvalue weighted by Crippen LogP contribution is -1.93. The summed E-state index contributed by atoms with van der Waals surface area (Å²) < 4.78 is 1.45.